The molecule has 2 rings (SSSR count). The van der Waals surface area contributed by atoms with E-state index in [1.54, 1.807) is 24.3 Å². The van der Waals surface area contributed by atoms with E-state index in [1.807, 2.05) is 30.3 Å². The fraction of sp³-hybridized carbons (Fsp3) is 0.188. The summed E-state index contributed by atoms with van der Waals surface area (Å²) in [7, 11) is 1.50. The van der Waals surface area contributed by atoms with E-state index < -0.39 is 12.3 Å². The molecule has 21 heavy (non-hydrogen) atoms. The van der Waals surface area contributed by atoms with Crippen molar-refractivity contribution in [2.75, 3.05) is 7.11 Å². The third-order valence-corrected chi connectivity index (χ3v) is 2.90. The van der Waals surface area contributed by atoms with Crippen LogP contribution in [-0.2, 0) is 11.3 Å². The predicted octanol–water partition coefficient (Wildman–Crippen LogP) is 2.61. The van der Waals surface area contributed by atoms with Crippen LogP contribution in [0.25, 0.3) is 0 Å². The van der Waals surface area contributed by atoms with Crippen molar-refractivity contribution in [1.29, 1.82) is 0 Å². The summed E-state index contributed by atoms with van der Waals surface area (Å²) in [5.41, 5.74) is 1.34. The maximum absolute atomic E-state index is 11.7. The Kier molecular flexibility index (Phi) is 5.17. The number of hydrogen-bond donors (Lipinski definition) is 2. The number of hydrogen-bond acceptors (Lipinski definition) is 4. The monoisotopic (exact) mass is 287 g/mol. The lowest BCUT2D eigenvalue weighted by atomic mass is 10.2. The van der Waals surface area contributed by atoms with Gasteiger partial charge >= 0.3 is 6.09 Å². The van der Waals surface area contributed by atoms with E-state index in [1.165, 1.54) is 7.11 Å². The van der Waals surface area contributed by atoms with Gasteiger partial charge in [-0.25, -0.2) is 4.79 Å². The van der Waals surface area contributed by atoms with Gasteiger partial charge < -0.3 is 14.6 Å². The minimum atomic E-state index is -1.19. The number of amides is 1. The molecule has 2 aromatic rings. The second-order valence-electron chi connectivity index (χ2n) is 4.35. The van der Waals surface area contributed by atoms with Crippen molar-refractivity contribution in [3.05, 3.63) is 65.7 Å². The maximum atomic E-state index is 11.7. The summed E-state index contributed by atoms with van der Waals surface area (Å²) in [6, 6.07) is 16.2. The van der Waals surface area contributed by atoms with Gasteiger partial charge in [0.15, 0.2) is 6.23 Å². The minimum absolute atomic E-state index is 0.144. The van der Waals surface area contributed by atoms with E-state index in [4.69, 9.17) is 9.47 Å². The van der Waals surface area contributed by atoms with E-state index in [0.717, 1.165) is 5.56 Å². The normalized spacial score (nSPS) is 11.5. The molecule has 1 amide bonds. The summed E-state index contributed by atoms with van der Waals surface area (Å²) in [5.74, 6) is 0.494. The molecule has 0 spiro atoms. The van der Waals surface area contributed by atoms with Crippen LogP contribution in [0.1, 0.15) is 17.4 Å². The van der Waals surface area contributed by atoms with Gasteiger partial charge in [0.05, 0.1) is 7.11 Å². The molecule has 0 saturated heterocycles. The van der Waals surface area contributed by atoms with E-state index in [-0.39, 0.29) is 6.61 Å². The summed E-state index contributed by atoms with van der Waals surface area (Å²) in [6.45, 7) is 0.144. The van der Waals surface area contributed by atoms with Gasteiger partial charge in [0.25, 0.3) is 0 Å². The molecule has 110 valence electrons. The molecule has 5 nitrogen and oxygen atoms in total. The number of ether oxygens (including phenoxy) is 2. The molecule has 0 aliphatic heterocycles. The number of aliphatic hydroxyl groups excluding tert-OH is 1. The van der Waals surface area contributed by atoms with Crippen LogP contribution >= 0.6 is 0 Å². The molecule has 0 heterocycles. The average molecular weight is 287 g/mol. The summed E-state index contributed by atoms with van der Waals surface area (Å²) >= 11 is 0. The molecule has 0 radical (unpaired) electrons. The average Bonchev–Trinajstić information content (AvgIpc) is 2.53. The van der Waals surface area contributed by atoms with Gasteiger partial charge in [-0.15, -0.1) is 0 Å². The molecule has 0 bridgehead atoms. The van der Waals surface area contributed by atoms with Gasteiger partial charge in [0.2, 0.25) is 0 Å². The van der Waals surface area contributed by atoms with Crippen molar-refractivity contribution in [2.45, 2.75) is 12.8 Å². The molecule has 0 aliphatic carbocycles. The largest absolute Gasteiger partial charge is 0.496 e. The third-order valence-electron chi connectivity index (χ3n) is 2.90. The first-order valence-electron chi connectivity index (χ1n) is 6.49. The minimum Gasteiger partial charge on any atom is -0.496 e. The Morgan fingerprint density at radius 3 is 2.52 bits per heavy atom. The summed E-state index contributed by atoms with van der Waals surface area (Å²) in [4.78, 5) is 11.7. The first-order valence-corrected chi connectivity index (χ1v) is 6.49. The summed E-state index contributed by atoms with van der Waals surface area (Å²) < 4.78 is 10.2. The Morgan fingerprint density at radius 1 is 1.14 bits per heavy atom. The van der Waals surface area contributed by atoms with E-state index >= 15 is 0 Å². The lowest BCUT2D eigenvalue weighted by Gasteiger charge is -2.16. The number of aliphatic hydroxyl groups is 1. The predicted molar refractivity (Wildman–Crippen MR) is 77.7 cm³/mol. The van der Waals surface area contributed by atoms with E-state index in [2.05, 4.69) is 5.32 Å². The Balaban J connectivity index is 1.90. The number of methoxy groups -OCH3 is 1. The molecule has 0 aromatic heterocycles. The summed E-state index contributed by atoms with van der Waals surface area (Å²) in [6.07, 6.45) is -1.89. The number of carbonyl (C=O) groups is 1. The molecule has 0 fully saturated rings. The molecular weight excluding hydrogens is 270 g/mol. The van der Waals surface area contributed by atoms with Gasteiger partial charge in [-0.05, 0) is 11.6 Å². The van der Waals surface area contributed by atoms with Gasteiger partial charge in [-0.2, -0.15) is 0 Å². The van der Waals surface area contributed by atoms with E-state index in [0.29, 0.717) is 11.3 Å². The molecule has 0 saturated carbocycles. The molecule has 2 N–H and O–H groups in total. The first kappa shape index (κ1) is 14.9. The summed E-state index contributed by atoms with van der Waals surface area (Å²) in [5, 5.41) is 12.4. The van der Waals surface area contributed by atoms with Crippen LogP contribution in [0.4, 0.5) is 4.79 Å². The zero-order chi connectivity index (χ0) is 15.1. The molecule has 0 aliphatic rings. The second kappa shape index (κ2) is 7.31. The number of alkyl carbamates (subject to hydrolysis) is 1. The highest BCUT2D eigenvalue weighted by Gasteiger charge is 2.15. The molecule has 2 aromatic carbocycles. The fourth-order valence-electron chi connectivity index (χ4n) is 1.85. The number of para-hydroxylation sites is 1. The van der Waals surface area contributed by atoms with Crippen LogP contribution in [0.15, 0.2) is 54.6 Å². The fourth-order valence-corrected chi connectivity index (χ4v) is 1.85. The third kappa shape index (κ3) is 4.22. The first-order chi connectivity index (χ1) is 10.2. The number of nitrogens with one attached hydrogen (secondary N) is 1. The lowest BCUT2D eigenvalue weighted by molar-refractivity contribution is 0.0936. The highest BCUT2D eigenvalue weighted by molar-refractivity contribution is 5.67. The van der Waals surface area contributed by atoms with Crippen molar-refractivity contribution >= 4 is 6.09 Å². The standard InChI is InChI=1S/C16H17NO4/c1-20-14-10-6-5-9-13(14)15(18)17-16(19)21-11-12-7-3-2-4-8-12/h2-10,15,18H,11H2,1H3,(H,17,19). The Morgan fingerprint density at radius 2 is 1.81 bits per heavy atom. The van der Waals surface area contributed by atoms with E-state index in [9.17, 15) is 9.90 Å². The van der Waals surface area contributed by atoms with Crippen LogP contribution in [-0.4, -0.2) is 18.3 Å². The molecule has 1 atom stereocenters. The van der Waals surface area contributed by atoms with Crippen LogP contribution in [0, 0.1) is 0 Å². The smallest absolute Gasteiger partial charge is 0.409 e. The topological polar surface area (TPSA) is 67.8 Å². The van der Waals surface area contributed by atoms with Gasteiger partial charge in [-0.3, -0.25) is 5.32 Å². The second-order valence-corrected chi connectivity index (χ2v) is 4.35. The zero-order valence-electron chi connectivity index (χ0n) is 11.7. The van der Waals surface area contributed by atoms with Crippen molar-refractivity contribution in [3.8, 4) is 5.75 Å². The Labute approximate surface area is 123 Å². The number of benzene rings is 2. The van der Waals surface area contributed by atoms with Crippen LogP contribution in [0.3, 0.4) is 0 Å². The van der Waals surface area contributed by atoms with Gasteiger partial charge in [0.1, 0.15) is 12.4 Å². The maximum Gasteiger partial charge on any atom is 0.409 e. The van der Waals surface area contributed by atoms with Crippen molar-refractivity contribution in [3.63, 3.8) is 0 Å². The molecule has 5 heteroatoms. The van der Waals surface area contributed by atoms with Crippen molar-refractivity contribution < 1.29 is 19.4 Å². The highest BCUT2D eigenvalue weighted by atomic mass is 16.6. The van der Waals surface area contributed by atoms with Gasteiger partial charge in [0, 0.05) is 5.56 Å². The van der Waals surface area contributed by atoms with Crippen molar-refractivity contribution in [2.24, 2.45) is 0 Å². The highest BCUT2D eigenvalue weighted by Crippen LogP contribution is 2.22. The SMILES string of the molecule is COc1ccccc1C(O)NC(=O)OCc1ccccc1. The number of rotatable bonds is 5. The van der Waals surface area contributed by atoms with Crippen LogP contribution in [0.2, 0.25) is 0 Å². The molecule has 1 unspecified atom stereocenters. The van der Waals surface area contributed by atoms with Gasteiger partial charge in [-0.1, -0.05) is 48.5 Å². The lowest BCUT2D eigenvalue weighted by Crippen LogP contribution is -2.29. The Bertz CT molecular complexity index is 586. The molecular formula is C16H17NO4. The van der Waals surface area contributed by atoms with Crippen LogP contribution in [0.5, 0.6) is 5.75 Å². The Hall–Kier alpha value is -2.53. The van der Waals surface area contributed by atoms with Crippen molar-refractivity contribution in [1.82, 2.24) is 5.32 Å². The quantitative estimate of drug-likeness (QED) is 0.829. The van der Waals surface area contributed by atoms with Crippen LogP contribution < -0.4 is 10.1 Å². The zero-order valence-corrected chi connectivity index (χ0v) is 11.7. The number of carbonyl (C=O) groups excluding carboxylic acids is 1.